The molecule has 26 heavy (non-hydrogen) atoms. The van der Waals surface area contributed by atoms with Crippen molar-refractivity contribution in [1.29, 1.82) is 0 Å². The molecule has 2 aromatic rings. The summed E-state index contributed by atoms with van der Waals surface area (Å²) in [6.07, 6.45) is 6.86. The lowest BCUT2D eigenvalue weighted by molar-refractivity contribution is -0.134. The van der Waals surface area contributed by atoms with Crippen LogP contribution in [0.4, 0.5) is 0 Å². The van der Waals surface area contributed by atoms with Crippen LogP contribution < -0.4 is 5.32 Å². The largest absolute Gasteiger partial charge is 0.478 e. The highest BCUT2D eigenvalue weighted by atomic mass is 16.4. The van der Waals surface area contributed by atoms with E-state index in [0.717, 1.165) is 13.1 Å². The van der Waals surface area contributed by atoms with Crippen LogP contribution in [0.2, 0.25) is 0 Å². The van der Waals surface area contributed by atoms with Gasteiger partial charge in [-0.25, -0.2) is 9.59 Å². The first-order valence-corrected chi connectivity index (χ1v) is 8.57. The molecule has 7 nitrogen and oxygen atoms in total. The molecule has 0 fully saturated rings. The zero-order chi connectivity index (χ0) is 18.5. The average Bonchev–Trinajstić information content (AvgIpc) is 3.31. The van der Waals surface area contributed by atoms with Crippen molar-refractivity contribution in [1.82, 2.24) is 10.3 Å². The first kappa shape index (κ1) is 17.7. The van der Waals surface area contributed by atoms with Crippen LogP contribution >= 0.6 is 0 Å². The summed E-state index contributed by atoms with van der Waals surface area (Å²) in [5, 5.41) is 20.5. The summed E-state index contributed by atoms with van der Waals surface area (Å²) in [6, 6.07) is 6.71. The summed E-state index contributed by atoms with van der Waals surface area (Å²) < 4.78 is 0. The molecule has 0 amide bonds. The number of benzene rings is 1. The second kappa shape index (κ2) is 7.86. The monoisotopic (exact) mass is 355 g/mol. The van der Waals surface area contributed by atoms with Crippen LogP contribution in [-0.2, 0) is 16.0 Å². The van der Waals surface area contributed by atoms with Gasteiger partial charge in [0.25, 0.3) is 0 Å². The molecule has 1 atom stereocenters. The van der Waals surface area contributed by atoms with Crippen molar-refractivity contribution in [3.8, 4) is 0 Å². The van der Waals surface area contributed by atoms with Gasteiger partial charge in [-0.2, -0.15) is 0 Å². The van der Waals surface area contributed by atoms with E-state index in [-0.39, 0.29) is 0 Å². The molecular formula is C19H21N3O4. The lowest BCUT2D eigenvalue weighted by Gasteiger charge is -2.26. The summed E-state index contributed by atoms with van der Waals surface area (Å²) in [5.74, 6) is -0.804. The molecule has 0 saturated carbocycles. The summed E-state index contributed by atoms with van der Waals surface area (Å²) in [5.41, 5.74) is 4.28. The predicted octanol–water partition coefficient (Wildman–Crippen LogP) is 2.30. The molecule has 1 aliphatic carbocycles. The van der Waals surface area contributed by atoms with E-state index in [9.17, 15) is 9.59 Å². The van der Waals surface area contributed by atoms with Gasteiger partial charge in [-0.15, -0.1) is 0 Å². The molecule has 2 aliphatic rings. The third kappa shape index (κ3) is 3.93. The van der Waals surface area contributed by atoms with E-state index in [1.165, 1.54) is 47.1 Å². The number of carboxylic acid groups (broad SMARTS) is 2. The summed E-state index contributed by atoms with van der Waals surface area (Å²) in [6.45, 7) is 1.95. The smallest absolute Gasteiger partial charge is 0.328 e. The van der Waals surface area contributed by atoms with Gasteiger partial charge >= 0.3 is 11.9 Å². The molecule has 1 unspecified atom stereocenters. The molecule has 4 N–H and O–H groups in total. The maximum atomic E-state index is 9.55. The molecule has 0 bridgehead atoms. The van der Waals surface area contributed by atoms with Crippen molar-refractivity contribution in [2.45, 2.75) is 25.2 Å². The summed E-state index contributed by atoms with van der Waals surface area (Å²) in [4.78, 5) is 27.0. The van der Waals surface area contributed by atoms with E-state index in [0.29, 0.717) is 18.1 Å². The van der Waals surface area contributed by atoms with Crippen LogP contribution in [0.1, 0.15) is 29.9 Å². The van der Waals surface area contributed by atoms with Crippen molar-refractivity contribution in [2.75, 3.05) is 13.1 Å². The van der Waals surface area contributed by atoms with Gasteiger partial charge in [0.2, 0.25) is 0 Å². The Balaban J connectivity index is 0.000000211. The van der Waals surface area contributed by atoms with Gasteiger partial charge in [0.1, 0.15) is 5.84 Å². The van der Waals surface area contributed by atoms with Crippen molar-refractivity contribution < 1.29 is 19.8 Å². The number of aromatic nitrogens is 1. The van der Waals surface area contributed by atoms with Gasteiger partial charge in [-0.05, 0) is 42.5 Å². The van der Waals surface area contributed by atoms with E-state index >= 15 is 0 Å². The maximum Gasteiger partial charge on any atom is 0.328 e. The highest BCUT2D eigenvalue weighted by Crippen LogP contribution is 2.36. The Bertz CT molecular complexity index is 866. The topological polar surface area (TPSA) is 115 Å². The summed E-state index contributed by atoms with van der Waals surface area (Å²) in [7, 11) is 0. The fourth-order valence-electron chi connectivity index (χ4n) is 3.53. The molecule has 7 heteroatoms. The Morgan fingerprint density at radius 3 is 2.58 bits per heavy atom. The SMILES string of the molecule is O=C(O)C=CC(=O)O.c1cc2c3c(ccc2[nH]1)C(C1=NCCN1)CCC3. The number of aromatic amines is 1. The lowest BCUT2D eigenvalue weighted by atomic mass is 9.80. The number of rotatable bonds is 3. The zero-order valence-electron chi connectivity index (χ0n) is 14.2. The quantitative estimate of drug-likeness (QED) is 0.631. The number of aliphatic carboxylic acids is 2. The lowest BCUT2D eigenvalue weighted by Crippen LogP contribution is -2.28. The number of aliphatic imine (C=N–C) groups is 1. The number of aryl methyl sites for hydroxylation is 1. The van der Waals surface area contributed by atoms with Gasteiger partial charge < -0.3 is 20.5 Å². The minimum atomic E-state index is -1.26. The van der Waals surface area contributed by atoms with Crippen LogP contribution in [-0.4, -0.2) is 46.1 Å². The number of amidine groups is 1. The Hall–Kier alpha value is -3.09. The maximum absolute atomic E-state index is 9.55. The van der Waals surface area contributed by atoms with Crippen LogP contribution in [0, 0.1) is 0 Å². The van der Waals surface area contributed by atoms with Gasteiger partial charge in [0, 0.05) is 41.7 Å². The number of nitrogens with one attached hydrogen (secondary N) is 2. The Labute approximate surface area is 150 Å². The molecule has 1 aliphatic heterocycles. The summed E-state index contributed by atoms with van der Waals surface area (Å²) >= 11 is 0. The molecule has 0 saturated heterocycles. The number of hydrogen-bond donors (Lipinski definition) is 4. The Morgan fingerprint density at radius 2 is 1.92 bits per heavy atom. The van der Waals surface area contributed by atoms with E-state index < -0.39 is 11.9 Å². The molecule has 1 aromatic heterocycles. The second-order valence-electron chi connectivity index (χ2n) is 6.22. The van der Waals surface area contributed by atoms with Crippen molar-refractivity contribution in [2.24, 2.45) is 4.99 Å². The number of hydrogen-bond acceptors (Lipinski definition) is 4. The molecular weight excluding hydrogens is 334 g/mol. The number of H-pyrrole nitrogens is 1. The van der Waals surface area contributed by atoms with Gasteiger partial charge in [-0.1, -0.05) is 6.07 Å². The van der Waals surface area contributed by atoms with Crippen LogP contribution in [0.25, 0.3) is 10.9 Å². The minimum Gasteiger partial charge on any atom is -0.478 e. The number of fused-ring (bicyclic) bond motifs is 3. The van der Waals surface area contributed by atoms with Crippen molar-refractivity contribution in [3.63, 3.8) is 0 Å². The van der Waals surface area contributed by atoms with Crippen LogP contribution in [0.5, 0.6) is 0 Å². The number of carbonyl (C=O) groups is 2. The zero-order valence-corrected chi connectivity index (χ0v) is 14.2. The fourth-order valence-corrected chi connectivity index (χ4v) is 3.53. The Morgan fingerprint density at radius 1 is 1.15 bits per heavy atom. The first-order chi connectivity index (χ1) is 12.6. The average molecular weight is 355 g/mol. The van der Waals surface area contributed by atoms with E-state index in [2.05, 4.69) is 33.5 Å². The van der Waals surface area contributed by atoms with E-state index in [1.54, 1.807) is 0 Å². The number of nitrogens with zero attached hydrogens (tertiary/aromatic N) is 1. The van der Waals surface area contributed by atoms with Crippen LogP contribution in [0.15, 0.2) is 41.5 Å². The molecule has 2 heterocycles. The first-order valence-electron chi connectivity index (χ1n) is 8.57. The fraction of sp³-hybridized carbons (Fsp3) is 0.316. The second-order valence-corrected chi connectivity index (χ2v) is 6.22. The highest BCUT2D eigenvalue weighted by molar-refractivity contribution is 5.93. The molecule has 0 radical (unpaired) electrons. The normalized spacial score (nSPS) is 18.6. The predicted molar refractivity (Wildman–Crippen MR) is 98.7 cm³/mol. The molecule has 4 rings (SSSR count). The Kier molecular flexibility index (Phi) is 5.36. The minimum absolute atomic E-state index is 0.496. The van der Waals surface area contributed by atoms with Gasteiger partial charge in [-0.3, -0.25) is 4.99 Å². The molecule has 1 aromatic carbocycles. The van der Waals surface area contributed by atoms with Crippen LogP contribution in [0.3, 0.4) is 0 Å². The van der Waals surface area contributed by atoms with Gasteiger partial charge in [0.05, 0.1) is 6.54 Å². The standard InChI is InChI=1S/C15H17N3.C4H4O4/c1-2-10-11(4-5-14-12(10)6-7-16-14)13(3-1)15-17-8-9-18-15;5-3(6)1-2-4(7)8/h4-7,13,16H,1-3,8-9H2,(H,17,18);1-2H,(H,5,6)(H,7,8). The van der Waals surface area contributed by atoms with Crippen molar-refractivity contribution in [3.05, 3.63) is 47.7 Å². The highest BCUT2D eigenvalue weighted by Gasteiger charge is 2.27. The van der Waals surface area contributed by atoms with E-state index in [4.69, 9.17) is 10.2 Å². The molecule has 136 valence electrons. The number of carboxylic acids is 2. The van der Waals surface area contributed by atoms with E-state index in [1.807, 2.05) is 6.20 Å². The third-order valence-electron chi connectivity index (χ3n) is 4.58. The van der Waals surface area contributed by atoms with Gasteiger partial charge in [0.15, 0.2) is 0 Å². The molecule has 0 spiro atoms. The van der Waals surface area contributed by atoms with Crippen molar-refractivity contribution >= 4 is 28.7 Å². The third-order valence-corrected chi connectivity index (χ3v) is 4.58.